The third-order valence-electron chi connectivity index (χ3n) is 6.12. The second kappa shape index (κ2) is 8.51. The minimum atomic E-state index is -0.764. The molecule has 6 heteroatoms. The van der Waals surface area contributed by atoms with Gasteiger partial charge in [-0.3, -0.25) is 4.79 Å². The zero-order valence-corrected chi connectivity index (χ0v) is 16.6. The molecule has 1 aliphatic carbocycles. The third-order valence-corrected chi connectivity index (χ3v) is 6.12. The van der Waals surface area contributed by atoms with Crippen LogP contribution in [0.15, 0.2) is 42.5 Å². The number of halogens is 1. The monoisotopic (exact) mass is 398 g/mol. The van der Waals surface area contributed by atoms with Gasteiger partial charge >= 0.3 is 5.97 Å². The van der Waals surface area contributed by atoms with Gasteiger partial charge in [-0.1, -0.05) is 30.3 Å². The van der Waals surface area contributed by atoms with Crippen molar-refractivity contribution in [3.8, 4) is 5.75 Å². The molecule has 1 fully saturated rings. The van der Waals surface area contributed by atoms with Crippen molar-refractivity contribution >= 4 is 5.97 Å². The van der Waals surface area contributed by atoms with E-state index in [0.29, 0.717) is 30.9 Å². The molecule has 2 aliphatic rings. The zero-order chi connectivity index (χ0) is 20.4. The molecule has 0 amide bonds. The van der Waals surface area contributed by atoms with Crippen molar-refractivity contribution in [2.45, 2.75) is 57.0 Å². The Morgan fingerprint density at radius 1 is 1.21 bits per heavy atom. The van der Waals surface area contributed by atoms with Crippen molar-refractivity contribution in [2.24, 2.45) is 0 Å². The minimum Gasteiger partial charge on any atom is -0.481 e. The number of carbonyl (C=O) groups is 1. The molecule has 1 heterocycles. The molecule has 29 heavy (non-hydrogen) atoms. The number of aryl methyl sites for hydroxylation is 1. The molecule has 0 radical (unpaired) electrons. The summed E-state index contributed by atoms with van der Waals surface area (Å²) in [6, 6.07) is 13.9. The lowest BCUT2D eigenvalue weighted by Gasteiger charge is -2.30. The number of hydrazine groups is 1. The van der Waals surface area contributed by atoms with Crippen molar-refractivity contribution in [3.05, 3.63) is 65.0 Å². The van der Waals surface area contributed by atoms with E-state index in [1.165, 1.54) is 11.6 Å². The summed E-state index contributed by atoms with van der Waals surface area (Å²) >= 11 is 0. The van der Waals surface area contributed by atoms with Crippen LogP contribution in [0.3, 0.4) is 0 Å². The first-order chi connectivity index (χ1) is 14.0. The minimum absolute atomic E-state index is 0.101. The van der Waals surface area contributed by atoms with Crippen LogP contribution in [-0.2, 0) is 11.2 Å². The number of aliphatic carboxylic acids is 1. The average Bonchev–Trinajstić information content (AvgIpc) is 3.14. The Morgan fingerprint density at radius 3 is 2.72 bits per heavy atom. The first-order valence-electron chi connectivity index (χ1n) is 10.3. The molecule has 154 valence electrons. The van der Waals surface area contributed by atoms with Crippen molar-refractivity contribution in [2.75, 3.05) is 6.73 Å². The van der Waals surface area contributed by atoms with E-state index in [2.05, 4.69) is 29.5 Å². The second-order valence-corrected chi connectivity index (χ2v) is 8.08. The molecule has 2 N–H and O–H groups in total. The lowest BCUT2D eigenvalue weighted by atomic mass is 9.95. The molecule has 1 aliphatic heterocycles. The lowest BCUT2D eigenvalue weighted by molar-refractivity contribution is -0.136. The Kier molecular flexibility index (Phi) is 5.83. The number of rotatable bonds is 6. The summed E-state index contributed by atoms with van der Waals surface area (Å²) in [5.74, 6) is -0.288. The quantitative estimate of drug-likeness (QED) is 0.755. The van der Waals surface area contributed by atoms with Gasteiger partial charge in [-0.25, -0.2) is 14.8 Å². The predicted molar refractivity (Wildman–Crippen MR) is 108 cm³/mol. The number of ether oxygens (including phenoxy) is 1. The number of hydrogen-bond acceptors (Lipinski definition) is 4. The van der Waals surface area contributed by atoms with Crippen LogP contribution >= 0.6 is 0 Å². The summed E-state index contributed by atoms with van der Waals surface area (Å²) in [6.45, 7) is 2.41. The molecule has 2 bridgehead atoms. The van der Waals surface area contributed by atoms with Gasteiger partial charge in [-0.2, -0.15) is 0 Å². The van der Waals surface area contributed by atoms with Gasteiger partial charge in [0.1, 0.15) is 0 Å². The Morgan fingerprint density at radius 2 is 1.97 bits per heavy atom. The van der Waals surface area contributed by atoms with Gasteiger partial charge in [0, 0.05) is 12.5 Å². The molecule has 1 saturated carbocycles. The van der Waals surface area contributed by atoms with E-state index in [0.717, 1.165) is 30.4 Å². The molecule has 0 saturated heterocycles. The predicted octanol–water partition coefficient (Wildman–Crippen LogP) is 4.40. The van der Waals surface area contributed by atoms with E-state index < -0.39 is 5.97 Å². The Hall–Kier alpha value is -2.44. The Bertz CT molecular complexity index is 871. The SMILES string of the molecule is C[C@@H]1c2ccc(F)c(c2)OCN1N[C@H]1CC[C@H](c2ccc(CCC(=O)O)cc2)C1. The van der Waals surface area contributed by atoms with E-state index in [9.17, 15) is 9.18 Å². The molecular formula is C23H27FN2O3. The fourth-order valence-electron chi connectivity index (χ4n) is 4.31. The van der Waals surface area contributed by atoms with Crippen LogP contribution in [-0.4, -0.2) is 28.9 Å². The van der Waals surface area contributed by atoms with Crippen molar-refractivity contribution in [1.82, 2.24) is 10.4 Å². The fraction of sp³-hybridized carbons (Fsp3) is 0.435. The molecular weight excluding hydrogens is 371 g/mol. The van der Waals surface area contributed by atoms with Gasteiger partial charge in [-0.05, 0) is 67.3 Å². The number of hydrogen-bond donors (Lipinski definition) is 2. The fourth-order valence-corrected chi connectivity index (χ4v) is 4.31. The highest BCUT2D eigenvalue weighted by atomic mass is 19.1. The van der Waals surface area contributed by atoms with E-state index in [1.54, 1.807) is 6.07 Å². The van der Waals surface area contributed by atoms with Crippen LogP contribution in [0, 0.1) is 5.82 Å². The van der Waals surface area contributed by atoms with Crippen LogP contribution in [0.2, 0.25) is 0 Å². The molecule has 0 spiro atoms. The van der Waals surface area contributed by atoms with E-state index in [4.69, 9.17) is 9.84 Å². The number of carboxylic acids is 1. The van der Waals surface area contributed by atoms with Crippen molar-refractivity contribution < 1.29 is 19.0 Å². The number of nitrogens with one attached hydrogen (secondary N) is 1. The standard InChI is InChI=1S/C23H27FN2O3/c1-15-18-8-10-21(24)22(13-18)29-14-26(15)25-20-9-7-19(12-20)17-5-2-16(3-6-17)4-11-23(27)28/h2-3,5-6,8,10,13,15,19-20,25H,4,7,9,11-12,14H2,1H3,(H,27,28)/t15-,19+,20+/m1/s1. The first-order valence-corrected chi connectivity index (χ1v) is 10.3. The zero-order valence-electron chi connectivity index (χ0n) is 16.6. The van der Waals surface area contributed by atoms with Crippen molar-refractivity contribution in [1.29, 1.82) is 0 Å². The van der Waals surface area contributed by atoms with Crippen LogP contribution in [0.1, 0.15) is 61.3 Å². The number of nitrogens with zero attached hydrogens (tertiary/aromatic N) is 1. The maximum absolute atomic E-state index is 13.8. The molecule has 2 aromatic carbocycles. The second-order valence-electron chi connectivity index (χ2n) is 8.08. The average molecular weight is 398 g/mol. The van der Waals surface area contributed by atoms with Crippen LogP contribution in [0.5, 0.6) is 5.75 Å². The topological polar surface area (TPSA) is 61.8 Å². The van der Waals surface area contributed by atoms with Gasteiger partial charge in [-0.15, -0.1) is 0 Å². The highest BCUT2D eigenvalue weighted by Gasteiger charge is 2.30. The summed E-state index contributed by atoms with van der Waals surface area (Å²) in [5.41, 5.74) is 7.01. The van der Waals surface area contributed by atoms with Gasteiger partial charge < -0.3 is 9.84 Å². The maximum atomic E-state index is 13.8. The number of benzene rings is 2. The normalized spacial score (nSPS) is 24.1. The smallest absolute Gasteiger partial charge is 0.303 e. The highest BCUT2D eigenvalue weighted by molar-refractivity contribution is 5.67. The summed E-state index contributed by atoms with van der Waals surface area (Å²) in [4.78, 5) is 10.7. The number of fused-ring (bicyclic) bond motifs is 2. The van der Waals surface area contributed by atoms with Gasteiger partial charge in [0.05, 0.1) is 6.04 Å². The Balaban J connectivity index is 1.34. The third kappa shape index (κ3) is 4.60. The molecule has 5 nitrogen and oxygen atoms in total. The summed E-state index contributed by atoms with van der Waals surface area (Å²) in [7, 11) is 0. The van der Waals surface area contributed by atoms with E-state index >= 15 is 0 Å². The van der Waals surface area contributed by atoms with Gasteiger partial charge in [0.15, 0.2) is 18.3 Å². The van der Waals surface area contributed by atoms with Gasteiger partial charge in [0.25, 0.3) is 0 Å². The molecule has 2 aromatic rings. The molecule has 4 rings (SSSR count). The van der Waals surface area contributed by atoms with E-state index in [1.807, 2.05) is 18.2 Å². The summed E-state index contributed by atoms with van der Waals surface area (Å²) < 4.78 is 19.4. The van der Waals surface area contributed by atoms with Gasteiger partial charge in [0.2, 0.25) is 0 Å². The highest BCUT2D eigenvalue weighted by Crippen LogP contribution is 2.36. The number of carboxylic acid groups (broad SMARTS) is 1. The van der Waals surface area contributed by atoms with Crippen LogP contribution in [0.25, 0.3) is 0 Å². The van der Waals surface area contributed by atoms with Crippen molar-refractivity contribution in [3.63, 3.8) is 0 Å². The van der Waals surface area contributed by atoms with Crippen LogP contribution < -0.4 is 10.2 Å². The first kappa shape index (κ1) is 19.9. The largest absolute Gasteiger partial charge is 0.481 e. The molecule has 3 atom stereocenters. The summed E-state index contributed by atoms with van der Waals surface area (Å²) in [5, 5.41) is 10.9. The maximum Gasteiger partial charge on any atom is 0.303 e. The Labute approximate surface area is 170 Å². The molecule has 0 aromatic heterocycles. The van der Waals surface area contributed by atoms with Crippen LogP contribution in [0.4, 0.5) is 4.39 Å². The lowest BCUT2D eigenvalue weighted by Crippen LogP contribution is -2.46. The summed E-state index contributed by atoms with van der Waals surface area (Å²) in [6.07, 6.45) is 3.94. The van der Waals surface area contributed by atoms with E-state index in [-0.39, 0.29) is 18.3 Å². The molecule has 0 unspecified atom stereocenters.